The van der Waals surface area contributed by atoms with Gasteiger partial charge in [0.2, 0.25) is 5.88 Å². The summed E-state index contributed by atoms with van der Waals surface area (Å²) in [6.07, 6.45) is 3.62. The molecule has 0 bridgehead atoms. The Balaban J connectivity index is 2.15. The number of alkyl halides is 1. The number of pyridine rings is 1. The van der Waals surface area contributed by atoms with Crippen molar-refractivity contribution < 1.29 is 18.4 Å². The highest BCUT2D eigenvalue weighted by Crippen LogP contribution is 2.40. The zero-order chi connectivity index (χ0) is 18.2. The molecule has 4 nitrogen and oxygen atoms in total. The van der Waals surface area contributed by atoms with Gasteiger partial charge in [-0.3, -0.25) is 0 Å². The largest absolute Gasteiger partial charge is 0.496 e. The Labute approximate surface area is 147 Å². The third kappa shape index (κ3) is 4.28. The van der Waals surface area contributed by atoms with Crippen molar-refractivity contribution in [1.29, 1.82) is 0 Å². The fourth-order valence-electron chi connectivity index (χ4n) is 2.74. The quantitative estimate of drug-likeness (QED) is 0.581. The minimum atomic E-state index is -1.40. The van der Waals surface area contributed by atoms with Crippen molar-refractivity contribution in [2.24, 2.45) is 0 Å². The van der Waals surface area contributed by atoms with Crippen molar-refractivity contribution in [3.63, 3.8) is 0 Å². The molecular formula is C17H28BFNO3P. The van der Waals surface area contributed by atoms with Gasteiger partial charge in [-0.05, 0) is 47.1 Å². The molecule has 2 heterocycles. The molecule has 24 heavy (non-hydrogen) atoms. The molecule has 7 heteroatoms. The lowest BCUT2D eigenvalue weighted by Crippen LogP contribution is -2.44. The maximum atomic E-state index is 13.6. The van der Waals surface area contributed by atoms with Crippen LogP contribution in [-0.4, -0.2) is 35.6 Å². The first-order valence-electron chi connectivity index (χ1n) is 8.40. The predicted octanol–water partition coefficient (Wildman–Crippen LogP) is 2.79. The smallest absolute Gasteiger partial charge is 0.474 e. The Morgan fingerprint density at radius 2 is 2.00 bits per heavy atom. The summed E-state index contributed by atoms with van der Waals surface area (Å²) in [5.41, 5.74) is -1.30. The van der Waals surface area contributed by atoms with Crippen molar-refractivity contribution in [2.45, 2.75) is 71.3 Å². The van der Waals surface area contributed by atoms with E-state index in [-0.39, 0.29) is 17.8 Å². The van der Waals surface area contributed by atoms with Gasteiger partial charge in [-0.25, -0.2) is 9.37 Å². The minimum absolute atomic E-state index is 0.0429. The van der Waals surface area contributed by atoms with Crippen molar-refractivity contribution >= 4 is 27.1 Å². The van der Waals surface area contributed by atoms with E-state index in [0.29, 0.717) is 5.88 Å². The molecule has 1 saturated heterocycles. The van der Waals surface area contributed by atoms with E-state index in [4.69, 9.17) is 14.0 Å². The lowest BCUT2D eigenvalue weighted by atomic mass is 9.80. The van der Waals surface area contributed by atoms with Gasteiger partial charge in [0.05, 0.1) is 11.2 Å². The molecule has 1 aliphatic rings. The maximum absolute atomic E-state index is 13.6. The number of halogens is 1. The molecule has 0 spiro atoms. The van der Waals surface area contributed by atoms with Gasteiger partial charge in [0, 0.05) is 17.0 Å². The second-order valence-electron chi connectivity index (χ2n) is 7.73. The van der Waals surface area contributed by atoms with Crippen molar-refractivity contribution in [1.82, 2.24) is 4.98 Å². The highest BCUT2D eigenvalue weighted by atomic mass is 31.0. The summed E-state index contributed by atoms with van der Waals surface area (Å²) in [5.74, 6) is 0.406. The van der Waals surface area contributed by atoms with Gasteiger partial charge in [-0.15, -0.1) is 0 Å². The molecule has 2 rings (SSSR count). The summed E-state index contributed by atoms with van der Waals surface area (Å²) in [4.78, 5) is 4.30. The van der Waals surface area contributed by atoms with E-state index < -0.39 is 12.8 Å². The zero-order valence-corrected chi connectivity index (χ0v) is 16.6. The summed E-state index contributed by atoms with van der Waals surface area (Å²) >= 11 is 0. The Kier molecular flexibility index (Phi) is 5.64. The average molecular weight is 355 g/mol. The molecule has 0 saturated carbocycles. The molecule has 1 fully saturated rings. The second-order valence-corrected chi connectivity index (χ2v) is 8.35. The summed E-state index contributed by atoms with van der Waals surface area (Å²) in [6.45, 7) is 11.2. The zero-order valence-electron chi connectivity index (χ0n) is 15.5. The van der Waals surface area contributed by atoms with E-state index in [1.165, 1.54) is 13.8 Å². The van der Waals surface area contributed by atoms with Crippen molar-refractivity contribution in [2.75, 3.05) is 6.61 Å². The number of ether oxygens (including phenoxy) is 1. The third-order valence-electron chi connectivity index (χ3n) is 4.49. The molecule has 0 amide bonds. The summed E-state index contributed by atoms with van der Waals surface area (Å²) in [6, 6.07) is 1.90. The van der Waals surface area contributed by atoms with Crippen LogP contribution < -0.4 is 15.5 Å². The Hall–Kier alpha value is -0.705. The molecule has 2 atom stereocenters. The first-order valence-corrected chi connectivity index (χ1v) is 8.98. The van der Waals surface area contributed by atoms with Gasteiger partial charge in [-0.2, -0.15) is 0 Å². The molecule has 0 radical (unpaired) electrons. The van der Waals surface area contributed by atoms with Crippen LogP contribution in [0.4, 0.5) is 4.39 Å². The highest BCUT2D eigenvalue weighted by Gasteiger charge is 2.54. The van der Waals surface area contributed by atoms with Crippen LogP contribution in [-0.2, 0) is 9.31 Å². The van der Waals surface area contributed by atoms with Crippen LogP contribution in [0.5, 0.6) is 5.88 Å². The number of hydrogen-bond acceptors (Lipinski definition) is 4. The van der Waals surface area contributed by atoms with Crippen LogP contribution in [0.25, 0.3) is 0 Å². The van der Waals surface area contributed by atoms with E-state index in [9.17, 15) is 4.39 Å². The number of rotatable bonds is 6. The van der Waals surface area contributed by atoms with Crippen molar-refractivity contribution in [3.8, 4) is 5.88 Å². The highest BCUT2D eigenvalue weighted by molar-refractivity contribution is 7.27. The molecule has 0 N–H and O–H groups in total. The van der Waals surface area contributed by atoms with E-state index in [1.54, 1.807) is 6.20 Å². The maximum Gasteiger partial charge on any atom is 0.496 e. The van der Waals surface area contributed by atoms with Crippen LogP contribution in [0.3, 0.4) is 0 Å². The van der Waals surface area contributed by atoms with E-state index >= 15 is 0 Å². The molecule has 0 aliphatic carbocycles. The summed E-state index contributed by atoms with van der Waals surface area (Å²) < 4.78 is 31.4. The van der Waals surface area contributed by atoms with E-state index in [0.717, 1.165) is 23.6 Å². The van der Waals surface area contributed by atoms with Gasteiger partial charge in [0.25, 0.3) is 0 Å². The molecule has 134 valence electrons. The Morgan fingerprint density at radius 1 is 1.33 bits per heavy atom. The first-order chi connectivity index (χ1) is 11.0. The van der Waals surface area contributed by atoms with E-state index in [1.807, 2.05) is 6.07 Å². The lowest BCUT2D eigenvalue weighted by molar-refractivity contribution is -0.0159. The standard InChI is InChI=1S/C17H28BFNO3P/c1-7-8-17(6)16(4,5)22-18(23-17)12-9-13(24)14(20-10-12)21-11-15(2,3)19/h9-10H,7-8,11,24H2,1-6H3. The summed E-state index contributed by atoms with van der Waals surface area (Å²) in [5, 5.41) is 0.755. The van der Waals surface area contributed by atoms with Gasteiger partial charge in [-0.1, -0.05) is 22.6 Å². The van der Waals surface area contributed by atoms with Gasteiger partial charge < -0.3 is 14.0 Å². The van der Waals surface area contributed by atoms with Crippen molar-refractivity contribution in [3.05, 3.63) is 12.3 Å². The molecule has 0 aromatic carbocycles. The molecular weight excluding hydrogens is 327 g/mol. The topological polar surface area (TPSA) is 40.6 Å². The van der Waals surface area contributed by atoms with Crippen LogP contribution in [0.15, 0.2) is 12.3 Å². The SMILES string of the molecule is CCCC1(C)OB(c2cnc(OCC(C)(C)F)c(P)c2)OC1(C)C. The Morgan fingerprint density at radius 3 is 2.54 bits per heavy atom. The van der Waals surface area contributed by atoms with Crippen LogP contribution >= 0.6 is 9.24 Å². The third-order valence-corrected chi connectivity index (χ3v) is 4.91. The number of hydrogen-bond donors (Lipinski definition) is 0. The number of aromatic nitrogens is 1. The monoisotopic (exact) mass is 355 g/mol. The van der Waals surface area contributed by atoms with Crippen LogP contribution in [0.1, 0.15) is 54.4 Å². The fourth-order valence-corrected chi connectivity index (χ4v) is 3.09. The van der Waals surface area contributed by atoms with Gasteiger partial charge >= 0.3 is 7.12 Å². The second kappa shape index (κ2) is 6.89. The first kappa shape index (κ1) is 19.6. The van der Waals surface area contributed by atoms with Crippen LogP contribution in [0, 0.1) is 0 Å². The van der Waals surface area contributed by atoms with Gasteiger partial charge in [0.15, 0.2) is 0 Å². The lowest BCUT2D eigenvalue weighted by Gasteiger charge is -2.36. The molecule has 1 aliphatic heterocycles. The van der Waals surface area contributed by atoms with E-state index in [2.05, 4.69) is 41.9 Å². The molecule has 1 aromatic rings. The molecule has 1 aromatic heterocycles. The fraction of sp³-hybridized carbons (Fsp3) is 0.706. The predicted molar refractivity (Wildman–Crippen MR) is 99.2 cm³/mol. The normalized spacial score (nSPS) is 23.6. The minimum Gasteiger partial charge on any atom is -0.474 e. The molecule has 2 unspecified atom stereocenters. The van der Waals surface area contributed by atoms with Crippen LogP contribution in [0.2, 0.25) is 0 Å². The number of nitrogens with zero attached hydrogens (tertiary/aromatic N) is 1. The average Bonchev–Trinajstić information content (AvgIpc) is 2.67. The van der Waals surface area contributed by atoms with Gasteiger partial charge in [0.1, 0.15) is 12.3 Å². The Bertz CT molecular complexity index is 594. The summed E-state index contributed by atoms with van der Waals surface area (Å²) in [7, 11) is 2.11.